The van der Waals surface area contributed by atoms with Crippen molar-refractivity contribution in [2.24, 2.45) is 14.6 Å². The first-order valence-electron chi connectivity index (χ1n) is 5.82. The third-order valence-electron chi connectivity index (χ3n) is 2.21. The Bertz CT molecular complexity index is 760. The van der Waals surface area contributed by atoms with Crippen LogP contribution in [0.15, 0.2) is 39.1 Å². The van der Waals surface area contributed by atoms with Crippen LogP contribution in [0.2, 0.25) is 0 Å². The molecule has 1 N–H and O–H groups in total. The van der Waals surface area contributed by atoms with Crippen molar-refractivity contribution in [3.63, 3.8) is 0 Å². The van der Waals surface area contributed by atoms with E-state index < -0.39 is 10.9 Å². The summed E-state index contributed by atoms with van der Waals surface area (Å²) in [6, 6.07) is 5.04. The molecular formula is C10H11N6O2S2Y-. The maximum absolute atomic E-state index is 10.9. The van der Waals surface area contributed by atoms with Crippen molar-refractivity contribution in [1.82, 2.24) is 9.36 Å². The summed E-state index contributed by atoms with van der Waals surface area (Å²) in [7, 11) is 1.34. The number of azo groups is 1. The van der Waals surface area contributed by atoms with Crippen LogP contribution in [0.25, 0.3) is 0 Å². The molecule has 8 nitrogen and oxygen atoms in total. The fourth-order valence-electron chi connectivity index (χ4n) is 1.31. The first-order chi connectivity index (χ1) is 9.95. The molecule has 0 aliphatic rings. The van der Waals surface area contributed by atoms with Gasteiger partial charge in [0.15, 0.2) is 0 Å². The Hall–Kier alpha value is -0.806. The topological polar surface area (TPSA) is 103 Å². The van der Waals surface area contributed by atoms with Crippen LogP contribution in [0.4, 0.5) is 22.2 Å². The molecule has 11 heteroatoms. The van der Waals surface area contributed by atoms with Gasteiger partial charge < -0.3 is 18.0 Å². The van der Waals surface area contributed by atoms with Crippen LogP contribution < -0.4 is 4.90 Å². The molecule has 0 spiro atoms. The molecule has 21 heavy (non-hydrogen) atoms. The molecule has 2 rings (SSSR count). The summed E-state index contributed by atoms with van der Waals surface area (Å²) in [4.78, 5) is 5.56. The molecule has 0 fully saturated rings. The van der Waals surface area contributed by atoms with Gasteiger partial charge in [-0.3, -0.25) is 0 Å². The van der Waals surface area contributed by atoms with E-state index >= 15 is 0 Å². The minimum Gasteiger partial charge on any atom is -0.454 e. The van der Waals surface area contributed by atoms with Gasteiger partial charge in [-0.25, -0.2) is 4.98 Å². The van der Waals surface area contributed by atoms with Crippen molar-refractivity contribution < 1.29 is 42.8 Å². The van der Waals surface area contributed by atoms with Gasteiger partial charge in [0.05, 0.1) is 5.69 Å². The minimum atomic E-state index is -2.34. The largest absolute Gasteiger partial charge is 0.454 e. The van der Waals surface area contributed by atoms with Crippen molar-refractivity contribution in [3.05, 3.63) is 24.5 Å². The van der Waals surface area contributed by atoms with Gasteiger partial charge in [0.2, 0.25) is 5.13 Å². The number of hydrogen-bond acceptors (Lipinski definition) is 9. The number of anilines is 1. The molecular weight excluding hydrogens is 389 g/mol. The molecule has 0 saturated heterocycles. The average molecular weight is 401 g/mol. The molecule has 0 aliphatic carbocycles. The summed E-state index contributed by atoms with van der Waals surface area (Å²) in [6.45, 7) is 0. The van der Waals surface area contributed by atoms with Crippen molar-refractivity contribution in [2.75, 3.05) is 19.0 Å². The zero-order chi connectivity index (χ0) is 15.4. The molecule has 0 amide bonds. The maximum atomic E-state index is 10.9. The van der Waals surface area contributed by atoms with Gasteiger partial charge in [0, 0.05) is 64.0 Å². The second-order valence-electron chi connectivity index (χ2n) is 3.77. The summed E-state index contributed by atoms with van der Waals surface area (Å²) in [5.74, 6) is 0. The molecule has 1 radical (unpaired) electrons. The van der Waals surface area contributed by atoms with Gasteiger partial charge in [-0.2, -0.15) is 4.37 Å². The molecule has 109 valence electrons. The standard InChI is InChI=1S/C10H11N6O2S2.Y/c1-16(2)7-3-4-8(9(5-7)15-20(17)18)13-14-10-11-6-12-19-10;/h3-6H,1-2H3,(H,15,17,18);/q-1;/i6D;. The molecule has 1 aromatic heterocycles. The van der Waals surface area contributed by atoms with Gasteiger partial charge >= 0.3 is 0 Å². The Morgan fingerprint density at radius 2 is 2.14 bits per heavy atom. The van der Waals surface area contributed by atoms with Crippen LogP contribution in [0, 0.1) is 0 Å². The van der Waals surface area contributed by atoms with E-state index in [1.807, 2.05) is 19.0 Å². The zero-order valence-corrected chi connectivity index (χ0v) is 15.6. The number of aromatic nitrogens is 2. The van der Waals surface area contributed by atoms with E-state index in [4.69, 9.17) is 5.92 Å². The summed E-state index contributed by atoms with van der Waals surface area (Å²) >= 11 is 0.939. The van der Waals surface area contributed by atoms with Crippen molar-refractivity contribution >= 4 is 44.6 Å². The third kappa shape index (κ3) is 5.47. The predicted molar refractivity (Wildman–Crippen MR) is 77.6 cm³/mol. The van der Waals surface area contributed by atoms with Gasteiger partial charge in [-0.05, 0) is 18.2 Å². The number of rotatable bonds is 4. The van der Waals surface area contributed by atoms with Gasteiger partial charge in [0.1, 0.15) is 13.4 Å². The Morgan fingerprint density at radius 1 is 1.38 bits per heavy atom. The molecule has 0 aliphatic heterocycles. The van der Waals surface area contributed by atoms with E-state index in [-0.39, 0.29) is 49.8 Å². The Morgan fingerprint density at radius 3 is 2.71 bits per heavy atom. The van der Waals surface area contributed by atoms with E-state index in [0.717, 1.165) is 17.2 Å². The second-order valence-corrected chi connectivity index (χ2v) is 5.14. The monoisotopic (exact) mass is 401 g/mol. The van der Waals surface area contributed by atoms with E-state index in [2.05, 4.69) is 23.9 Å². The van der Waals surface area contributed by atoms with E-state index in [9.17, 15) is 4.21 Å². The fraction of sp³-hybridized carbons (Fsp3) is 0.200. The Kier molecular flexibility index (Phi) is 6.78. The molecule has 1 aromatic carbocycles. The Labute approximate surface area is 154 Å². The van der Waals surface area contributed by atoms with Gasteiger partial charge in [0.25, 0.3) is 0 Å². The summed E-state index contributed by atoms with van der Waals surface area (Å²) in [6.07, 6.45) is -0.127. The summed E-state index contributed by atoms with van der Waals surface area (Å²) in [5, 5.41) is 8.00. The van der Waals surface area contributed by atoms with Crippen LogP contribution in [0.3, 0.4) is 0 Å². The smallest absolute Gasteiger partial charge is 0.249 e. The first-order valence-corrected chi connectivity index (χ1v) is 7.15. The van der Waals surface area contributed by atoms with Crippen LogP contribution >= 0.6 is 11.5 Å². The number of hydrogen-bond donors (Lipinski definition) is 1. The van der Waals surface area contributed by atoms with Crippen molar-refractivity contribution in [3.8, 4) is 0 Å². The minimum absolute atomic E-state index is 0. The van der Waals surface area contributed by atoms with E-state index in [1.165, 1.54) is 0 Å². The SMILES string of the molecule is [2H]c1nsc(N=Nc2ccc(N(C)C)cc2N=[S-](=O)O)n1.[Y]. The average Bonchev–Trinajstić information content (AvgIpc) is 2.82. The molecule has 0 saturated carbocycles. The van der Waals surface area contributed by atoms with Gasteiger partial charge in [-0.15, -0.1) is 10.2 Å². The third-order valence-corrected chi connectivity index (χ3v) is 3.07. The van der Waals surface area contributed by atoms with E-state index in [0.29, 0.717) is 5.69 Å². The molecule has 1 heterocycles. The first kappa shape index (κ1) is 16.6. The fourth-order valence-corrected chi connectivity index (χ4v) is 1.95. The summed E-state index contributed by atoms with van der Waals surface area (Å²) in [5.41, 5.74) is 1.37. The zero-order valence-electron chi connectivity index (χ0n) is 12.2. The molecule has 0 bridgehead atoms. The van der Waals surface area contributed by atoms with Crippen molar-refractivity contribution in [2.45, 2.75) is 0 Å². The quantitative estimate of drug-likeness (QED) is 0.481. The predicted octanol–water partition coefficient (Wildman–Crippen LogP) is 3.27. The maximum Gasteiger partial charge on any atom is 0.249 e. The van der Waals surface area contributed by atoms with Crippen LogP contribution in [-0.2, 0) is 47.8 Å². The molecule has 0 atom stereocenters. The molecule has 0 unspecified atom stereocenters. The van der Waals surface area contributed by atoms with Gasteiger partial charge in [-0.1, -0.05) is 10.9 Å². The number of nitrogens with zero attached hydrogens (tertiary/aromatic N) is 6. The second kappa shape index (κ2) is 8.59. The summed E-state index contributed by atoms with van der Waals surface area (Å²) < 4.78 is 34.3. The van der Waals surface area contributed by atoms with E-state index in [1.54, 1.807) is 18.2 Å². The Balaban J connectivity index is 0.00000242. The van der Waals surface area contributed by atoms with Crippen LogP contribution in [0.1, 0.15) is 1.37 Å². The van der Waals surface area contributed by atoms with Crippen LogP contribution in [0.5, 0.6) is 0 Å². The van der Waals surface area contributed by atoms with Crippen LogP contribution in [-0.4, -0.2) is 28.0 Å². The van der Waals surface area contributed by atoms with Crippen molar-refractivity contribution in [1.29, 1.82) is 0 Å². The molecule has 2 aromatic rings. The normalized spacial score (nSPS) is 13.0. The number of benzene rings is 1.